The van der Waals surface area contributed by atoms with Gasteiger partial charge in [0.15, 0.2) is 5.76 Å². The van der Waals surface area contributed by atoms with Crippen LogP contribution in [-0.2, 0) is 6.18 Å². The monoisotopic (exact) mass is 525 g/mol. The molecule has 2 aromatic carbocycles. The zero-order chi connectivity index (χ0) is 19.8. The number of hydrogen-bond donors (Lipinski definition) is 1. The first-order valence-corrected chi connectivity index (χ1v) is 9.22. The number of alkyl halides is 3. The van der Waals surface area contributed by atoms with E-state index < -0.39 is 17.6 Å². The van der Waals surface area contributed by atoms with Crippen molar-refractivity contribution in [3.63, 3.8) is 0 Å². The number of nitrogens with one attached hydrogen (secondary N) is 1. The number of benzene rings is 2. The van der Waals surface area contributed by atoms with Gasteiger partial charge in [0.05, 0.1) is 21.3 Å². The van der Waals surface area contributed by atoms with Crippen molar-refractivity contribution in [3.8, 4) is 11.3 Å². The third kappa shape index (κ3) is 4.41. The van der Waals surface area contributed by atoms with Gasteiger partial charge < -0.3 is 9.73 Å². The minimum absolute atomic E-state index is 0.160. The van der Waals surface area contributed by atoms with E-state index in [2.05, 4.69) is 5.32 Å². The molecular formula is C18H9Cl2F3INO2. The van der Waals surface area contributed by atoms with E-state index in [1.165, 1.54) is 24.3 Å². The van der Waals surface area contributed by atoms with Crippen LogP contribution in [0.5, 0.6) is 0 Å². The lowest BCUT2D eigenvalue weighted by molar-refractivity contribution is -0.137. The topological polar surface area (TPSA) is 42.2 Å². The molecule has 9 heteroatoms. The minimum atomic E-state index is -4.60. The predicted octanol–water partition coefficient (Wildman–Crippen LogP) is 7.13. The van der Waals surface area contributed by atoms with Crippen molar-refractivity contribution in [2.24, 2.45) is 0 Å². The summed E-state index contributed by atoms with van der Waals surface area (Å²) in [4.78, 5) is 12.3. The highest BCUT2D eigenvalue weighted by atomic mass is 127. The first-order chi connectivity index (χ1) is 12.7. The largest absolute Gasteiger partial charge is 0.451 e. The molecule has 0 aliphatic rings. The summed E-state index contributed by atoms with van der Waals surface area (Å²) in [6, 6.07) is 11.4. The number of carbonyl (C=O) groups is 1. The van der Waals surface area contributed by atoms with Crippen LogP contribution in [-0.4, -0.2) is 5.91 Å². The quantitative estimate of drug-likeness (QED) is 0.370. The Labute approximate surface area is 175 Å². The normalized spacial score (nSPS) is 11.5. The SMILES string of the molecule is O=C(Nc1ccc(I)cc1C(F)(F)F)c1ccc(-c2cccc(Cl)c2Cl)o1. The molecule has 1 heterocycles. The van der Waals surface area contributed by atoms with E-state index in [0.29, 0.717) is 14.2 Å². The van der Waals surface area contributed by atoms with E-state index in [0.717, 1.165) is 6.07 Å². The maximum absolute atomic E-state index is 13.2. The molecule has 140 valence electrons. The van der Waals surface area contributed by atoms with Crippen molar-refractivity contribution in [1.82, 2.24) is 0 Å². The van der Waals surface area contributed by atoms with E-state index in [4.69, 9.17) is 27.6 Å². The van der Waals surface area contributed by atoms with E-state index in [-0.39, 0.29) is 22.2 Å². The van der Waals surface area contributed by atoms with Crippen molar-refractivity contribution in [3.05, 3.63) is 73.5 Å². The van der Waals surface area contributed by atoms with Gasteiger partial charge in [0.2, 0.25) is 0 Å². The Morgan fingerprint density at radius 3 is 2.52 bits per heavy atom. The summed E-state index contributed by atoms with van der Waals surface area (Å²) in [7, 11) is 0. The average Bonchev–Trinajstić information content (AvgIpc) is 3.08. The second-order valence-corrected chi connectivity index (χ2v) is 7.44. The summed E-state index contributed by atoms with van der Waals surface area (Å²) >= 11 is 13.8. The molecular weight excluding hydrogens is 517 g/mol. The van der Waals surface area contributed by atoms with Crippen LogP contribution in [0.2, 0.25) is 10.0 Å². The molecule has 0 unspecified atom stereocenters. The van der Waals surface area contributed by atoms with E-state index in [1.807, 2.05) is 0 Å². The highest BCUT2D eigenvalue weighted by molar-refractivity contribution is 14.1. The molecule has 0 saturated heterocycles. The second kappa shape index (κ2) is 7.73. The van der Waals surface area contributed by atoms with Gasteiger partial charge in [0, 0.05) is 9.13 Å². The van der Waals surface area contributed by atoms with Gasteiger partial charge in [-0.1, -0.05) is 29.3 Å². The maximum atomic E-state index is 13.2. The molecule has 3 rings (SSSR count). The van der Waals surface area contributed by atoms with Gasteiger partial charge in [0.1, 0.15) is 5.76 Å². The molecule has 0 radical (unpaired) electrons. The van der Waals surface area contributed by atoms with Gasteiger partial charge in [0.25, 0.3) is 5.91 Å². The van der Waals surface area contributed by atoms with Crippen molar-refractivity contribution < 1.29 is 22.4 Å². The van der Waals surface area contributed by atoms with Crippen molar-refractivity contribution >= 4 is 57.4 Å². The molecule has 27 heavy (non-hydrogen) atoms. The molecule has 3 aromatic rings. The van der Waals surface area contributed by atoms with Crippen LogP contribution < -0.4 is 5.32 Å². The third-order valence-electron chi connectivity index (χ3n) is 3.58. The Morgan fingerprint density at radius 1 is 1.07 bits per heavy atom. The number of carbonyl (C=O) groups excluding carboxylic acids is 1. The van der Waals surface area contributed by atoms with Crippen LogP contribution in [0.4, 0.5) is 18.9 Å². The first-order valence-electron chi connectivity index (χ1n) is 7.39. The summed E-state index contributed by atoms with van der Waals surface area (Å²) < 4.78 is 45.4. The molecule has 3 nitrogen and oxygen atoms in total. The predicted molar refractivity (Wildman–Crippen MR) is 106 cm³/mol. The highest BCUT2D eigenvalue weighted by Gasteiger charge is 2.34. The molecule has 0 saturated carbocycles. The molecule has 1 aromatic heterocycles. The standard InChI is InChI=1S/C18H9Cl2F3INO2/c19-12-3-1-2-10(16(12)20)14-6-7-15(27-14)17(26)25-13-5-4-9(24)8-11(13)18(21,22)23/h1-8H,(H,25,26). The first kappa shape index (κ1) is 20.0. The Kier molecular flexibility index (Phi) is 5.73. The summed E-state index contributed by atoms with van der Waals surface area (Å²) in [5.41, 5.74) is -0.826. The lowest BCUT2D eigenvalue weighted by Crippen LogP contribution is -2.16. The summed E-state index contributed by atoms with van der Waals surface area (Å²) in [6.45, 7) is 0. The van der Waals surface area contributed by atoms with E-state index in [9.17, 15) is 18.0 Å². The molecule has 0 spiro atoms. The Morgan fingerprint density at radius 2 is 1.81 bits per heavy atom. The van der Waals surface area contributed by atoms with Crippen LogP contribution in [0, 0.1) is 3.57 Å². The van der Waals surface area contributed by atoms with E-state index in [1.54, 1.807) is 40.8 Å². The van der Waals surface area contributed by atoms with Gasteiger partial charge in [-0.2, -0.15) is 13.2 Å². The number of hydrogen-bond acceptors (Lipinski definition) is 2. The zero-order valence-electron chi connectivity index (χ0n) is 13.2. The number of rotatable bonds is 3. The van der Waals surface area contributed by atoms with Gasteiger partial charge in [-0.15, -0.1) is 0 Å². The molecule has 1 N–H and O–H groups in total. The fraction of sp³-hybridized carbons (Fsp3) is 0.0556. The number of halogens is 6. The fourth-order valence-electron chi connectivity index (χ4n) is 2.34. The Hall–Kier alpha value is -1.71. The maximum Gasteiger partial charge on any atom is 0.418 e. The summed E-state index contributed by atoms with van der Waals surface area (Å²) in [5, 5.41) is 2.79. The second-order valence-electron chi connectivity index (χ2n) is 5.41. The highest BCUT2D eigenvalue weighted by Crippen LogP contribution is 2.37. The van der Waals surface area contributed by atoms with Crippen LogP contribution in [0.15, 0.2) is 52.9 Å². The van der Waals surface area contributed by atoms with Crippen molar-refractivity contribution in [1.29, 1.82) is 0 Å². The van der Waals surface area contributed by atoms with Gasteiger partial charge in [-0.3, -0.25) is 4.79 Å². The van der Waals surface area contributed by atoms with Crippen LogP contribution in [0.25, 0.3) is 11.3 Å². The van der Waals surface area contributed by atoms with Crippen LogP contribution >= 0.6 is 45.8 Å². The number of anilines is 1. The van der Waals surface area contributed by atoms with Gasteiger partial charge >= 0.3 is 6.18 Å². The van der Waals surface area contributed by atoms with Gasteiger partial charge in [-0.25, -0.2) is 0 Å². The summed E-state index contributed by atoms with van der Waals surface area (Å²) in [5.74, 6) is -0.704. The molecule has 0 aliphatic carbocycles. The van der Waals surface area contributed by atoms with Crippen molar-refractivity contribution in [2.75, 3.05) is 5.32 Å². The lowest BCUT2D eigenvalue weighted by Gasteiger charge is -2.13. The molecule has 1 amide bonds. The van der Waals surface area contributed by atoms with Gasteiger partial charge in [-0.05, 0) is 65.1 Å². The fourth-order valence-corrected chi connectivity index (χ4v) is 3.23. The average molecular weight is 526 g/mol. The molecule has 0 fully saturated rings. The molecule has 0 bridgehead atoms. The lowest BCUT2D eigenvalue weighted by atomic mass is 10.1. The third-order valence-corrected chi connectivity index (χ3v) is 5.07. The van der Waals surface area contributed by atoms with Crippen molar-refractivity contribution in [2.45, 2.75) is 6.18 Å². The zero-order valence-corrected chi connectivity index (χ0v) is 16.9. The van der Waals surface area contributed by atoms with E-state index >= 15 is 0 Å². The number of furan rings is 1. The smallest absolute Gasteiger partial charge is 0.418 e. The molecule has 0 aliphatic heterocycles. The van der Waals surface area contributed by atoms with Crippen LogP contribution in [0.3, 0.4) is 0 Å². The van der Waals surface area contributed by atoms with Crippen LogP contribution in [0.1, 0.15) is 16.1 Å². The Bertz CT molecular complexity index is 1020. The number of amides is 1. The Balaban J connectivity index is 1.89. The minimum Gasteiger partial charge on any atom is -0.451 e. The molecule has 0 atom stereocenters. The summed E-state index contributed by atoms with van der Waals surface area (Å²) in [6.07, 6.45) is -4.60.